The average molecular weight is 336 g/mol. The number of rotatable bonds is 4. The molecule has 0 unspecified atom stereocenters. The molecule has 128 valence electrons. The van der Waals surface area contributed by atoms with Crippen LogP contribution in [0.15, 0.2) is 24.3 Å². The molecule has 1 amide bonds. The summed E-state index contributed by atoms with van der Waals surface area (Å²) in [6.45, 7) is 5.51. The zero-order valence-corrected chi connectivity index (χ0v) is 13.8. The van der Waals surface area contributed by atoms with Crippen molar-refractivity contribution in [3.8, 4) is 5.75 Å². The third kappa shape index (κ3) is 4.61. The fraction of sp³-hybridized carbons (Fsp3) is 0.312. The van der Waals surface area contributed by atoms with Crippen molar-refractivity contribution in [1.82, 2.24) is 15.3 Å². The Morgan fingerprint density at radius 2 is 1.75 bits per heavy atom. The van der Waals surface area contributed by atoms with Crippen LogP contribution in [0.3, 0.4) is 0 Å². The highest BCUT2D eigenvalue weighted by molar-refractivity contribution is 5.95. The molecule has 24 heavy (non-hydrogen) atoms. The summed E-state index contributed by atoms with van der Waals surface area (Å²) in [5, 5.41) is 5.51. The van der Waals surface area contributed by atoms with Crippen LogP contribution >= 0.6 is 0 Å². The van der Waals surface area contributed by atoms with Crippen LogP contribution in [-0.4, -0.2) is 28.5 Å². The molecular formula is C16H18F2N4O2. The summed E-state index contributed by atoms with van der Waals surface area (Å²) in [7, 11) is 1.42. The monoisotopic (exact) mass is 336 g/mol. The maximum absolute atomic E-state index is 13.1. The van der Waals surface area contributed by atoms with E-state index >= 15 is 0 Å². The van der Waals surface area contributed by atoms with Gasteiger partial charge in [0.2, 0.25) is 11.9 Å². The lowest BCUT2D eigenvalue weighted by molar-refractivity contribution is 0.0911. The van der Waals surface area contributed by atoms with Crippen molar-refractivity contribution in [3.05, 3.63) is 41.9 Å². The minimum Gasteiger partial charge on any atom is -0.494 e. The van der Waals surface area contributed by atoms with Gasteiger partial charge in [-0.2, -0.15) is 13.8 Å². The minimum absolute atomic E-state index is 0.0624. The van der Waals surface area contributed by atoms with E-state index in [4.69, 9.17) is 4.74 Å². The molecule has 8 heteroatoms. The summed E-state index contributed by atoms with van der Waals surface area (Å²) < 4.78 is 31.4. The number of hydrogen-bond donors (Lipinski definition) is 2. The third-order valence-electron chi connectivity index (χ3n) is 2.82. The molecule has 2 heterocycles. The van der Waals surface area contributed by atoms with Crippen molar-refractivity contribution in [3.63, 3.8) is 0 Å². The topological polar surface area (TPSA) is 76.1 Å². The summed E-state index contributed by atoms with van der Waals surface area (Å²) in [5.74, 6) is -1.82. The molecule has 0 bridgehead atoms. The van der Waals surface area contributed by atoms with Crippen LogP contribution < -0.4 is 15.4 Å². The molecular weight excluding hydrogens is 318 g/mol. The van der Waals surface area contributed by atoms with Crippen LogP contribution in [0.25, 0.3) is 0 Å². The Kier molecular flexibility index (Phi) is 4.96. The van der Waals surface area contributed by atoms with Crippen LogP contribution in [0.5, 0.6) is 5.75 Å². The van der Waals surface area contributed by atoms with Gasteiger partial charge in [0.05, 0.1) is 7.11 Å². The van der Waals surface area contributed by atoms with Gasteiger partial charge < -0.3 is 15.4 Å². The highest BCUT2D eigenvalue weighted by Gasteiger charge is 2.20. The lowest BCUT2D eigenvalue weighted by atomic mass is 10.1. The Balaban J connectivity index is 2.32. The van der Waals surface area contributed by atoms with Crippen LogP contribution in [0.1, 0.15) is 31.3 Å². The number of carbonyl (C=O) groups excluding carboxylic acids is 1. The van der Waals surface area contributed by atoms with E-state index in [9.17, 15) is 13.6 Å². The Morgan fingerprint density at radius 3 is 2.29 bits per heavy atom. The first-order chi connectivity index (χ1) is 11.2. The molecule has 0 spiro atoms. The van der Waals surface area contributed by atoms with E-state index in [2.05, 4.69) is 20.6 Å². The van der Waals surface area contributed by atoms with E-state index in [1.54, 1.807) is 6.07 Å². The summed E-state index contributed by atoms with van der Waals surface area (Å²) >= 11 is 0. The summed E-state index contributed by atoms with van der Waals surface area (Å²) in [5.41, 5.74) is -0.267. The maximum Gasteiger partial charge on any atom is 0.274 e. The number of nitrogens with one attached hydrogen (secondary N) is 2. The number of anilines is 2. The van der Waals surface area contributed by atoms with Crippen molar-refractivity contribution in [2.75, 3.05) is 12.4 Å². The number of aromatic nitrogens is 2. The standard InChI is InChI=1S/C16H18F2N4O2/c1-16(2,3)22-15(23)14-10(24-4)5-6-13(21-14)19-9-7-11(17)20-12(18)8-9/h5-8H,1-4H3,(H,22,23)(H,19,20,21). The lowest BCUT2D eigenvalue weighted by Gasteiger charge is -2.21. The highest BCUT2D eigenvalue weighted by Crippen LogP contribution is 2.22. The SMILES string of the molecule is COc1ccc(Nc2cc(F)nc(F)c2)nc1C(=O)NC(C)(C)C. The molecule has 0 radical (unpaired) electrons. The van der Waals surface area contributed by atoms with Crippen LogP contribution in [0, 0.1) is 11.9 Å². The van der Waals surface area contributed by atoms with E-state index in [-0.39, 0.29) is 22.9 Å². The van der Waals surface area contributed by atoms with Gasteiger partial charge in [0, 0.05) is 23.4 Å². The van der Waals surface area contributed by atoms with E-state index in [0.717, 1.165) is 12.1 Å². The Morgan fingerprint density at radius 1 is 1.12 bits per heavy atom. The molecule has 2 N–H and O–H groups in total. The molecule has 0 aliphatic carbocycles. The van der Waals surface area contributed by atoms with Gasteiger partial charge in [-0.25, -0.2) is 4.98 Å². The first-order valence-corrected chi connectivity index (χ1v) is 7.15. The van der Waals surface area contributed by atoms with E-state index < -0.39 is 23.3 Å². The quantitative estimate of drug-likeness (QED) is 0.839. The number of pyridine rings is 2. The zero-order valence-electron chi connectivity index (χ0n) is 13.8. The van der Waals surface area contributed by atoms with Gasteiger partial charge in [0.1, 0.15) is 11.6 Å². The average Bonchev–Trinajstić information content (AvgIpc) is 2.44. The van der Waals surface area contributed by atoms with Crippen LogP contribution in [0.4, 0.5) is 20.3 Å². The Hall–Kier alpha value is -2.77. The Labute approximate surface area is 138 Å². The highest BCUT2D eigenvalue weighted by atomic mass is 19.1. The molecule has 6 nitrogen and oxygen atoms in total. The fourth-order valence-electron chi connectivity index (χ4n) is 1.93. The van der Waals surface area contributed by atoms with Crippen molar-refractivity contribution >= 4 is 17.4 Å². The van der Waals surface area contributed by atoms with Gasteiger partial charge in [-0.1, -0.05) is 0 Å². The van der Waals surface area contributed by atoms with Gasteiger partial charge in [0.25, 0.3) is 5.91 Å². The van der Waals surface area contributed by atoms with E-state index in [1.165, 1.54) is 13.2 Å². The van der Waals surface area contributed by atoms with Crippen LogP contribution in [0.2, 0.25) is 0 Å². The molecule has 0 aromatic carbocycles. The molecule has 2 rings (SSSR count). The zero-order chi connectivity index (χ0) is 17.9. The number of hydrogen-bond acceptors (Lipinski definition) is 5. The fourth-order valence-corrected chi connectivity index (χ4v) is 1.93. The third-order valence-corrected chi connectivity index (χ3v) is 2.82. The number of carbonyl (C=O) groups is 1. The second kappa shape index (κ2) is 6.77. The summed E-state index contributed by atoms with van der Waals surface area (Å²) in [6, 6.07) is 5.11. The number of nitrogens with zero attached hydrogens (tertiary/aromatic N) is 2. The van der Waals surface area contributed by atoms with Crippen molar-refractivity contribution in [1.29, 1.82) is 0 Å². The van der Waals surface area contributed by atoms with Gasteiger partial charge in [-0.15, -0.1) is 0 Å². The molecule has 0 fully saturated rings. The maximum atomic E-state index is 13.1. The van der Waals surface area contributed by atoms with Crippen LogP contribution in [-0.2, 0) is 0 Å². The second-order valence-corrected chi connectivity index (χ2v) is 6.08. The van der Waals surface area contributed by atoms with E-state index in [1.807, 2.05) is 20.8 Å². The first kappa shape index (κ1) is 17.6. The molecule has 2 aromatic heterocycles. The molecule has 0 saturated heterocycles. The summed E-state index contributed by atoms with van der Waals surface area (Å²) in [6.07, 6.45) is 0. The molecule has 2 aromatic rings. The molecule has 0 aliphatic rings. The molecule has 0 aliphatic heterocycles. The predicted molar refractivity (Wildman–Crippen MR) is 85.4 cm³/mol. The summed E-state index contributed by atoms with van der Waals surface area (Å²) in [4.78, 5) is 19.5. The number of halogens is 2. The predicted octanol–water partition coefficient (Wildman–Crippen LogP) is 3.04. The van der Waals surface area contributed by atoms with Crippen molar-refractivity contribution < 1.29 is 18.3 Å². The van der Waals surface area contributed by atoms with Gasteiger partial charge in [-0.05, 0) is 32.9 Å². The number of ether oxygens (including phenoxy) is 1. The number of amides is 1. The molecule has 0 atom stereocenters. The minimum atomic E-state index is -0.961. The second-order valence-electron chi connectivity index (χ2n) is 6.08. The van der Waals surface area contributed by atoms with E-state index in [0.29, 0.717) is 0 Å². The lowest BCUT2D eigenvalue weighted by Crippen LogP contribution is -2.41. The Bertz CT molecular complexity index is 740. The first-order valence-electron chi connectivity index (χ1n) is 7.15. The van der Waals surface area contributed by atoms with Gasteiger partial charge >= 0.3 is 0 Å². The van der Waals surface area contributed by atoms with Crippen molar-refractivity contribution in [2.45, 2.75) is 26.3 Å². The van der Waals surface area contributed by atoms with Gasteiger partial charge in [0.15, 0.2) is 5.69 Å². The van der Waals surface area contributed by atoms with Gasteiger partial charge in [-0.3, -0.25) is 4.79 Å². The largest absolute Gasteiger partial charge is 0.494 e. The normalized spacial score (nSPS) is 11.1. The molecule has 0 saturated carbocycles. The number of methoxy groups -OCH3 is 1. The smallest absolute Gasteiger partial charge is 0.274 e. The van der Waals surface area contributed by atoms with Crippen molar-refractivity contribution in [2.24, 2.45) is 0 Å².